The van der Waals surface area contributed by atoms with Crippen molar-refractivity contribution in [2.45, 2.75) is 25.9 Å². The highest BCUT2D eigenvalue weighted by Gasteiger charge is 2.19. The van der Waals surface area contributed by atoms with Crippen LogP contribution in [0.2, 0.25) is 0 Å². The largest absolute Gasteiger partial charge is 0.490 e. The van der Waals surface area contributed by atoms with Crippen LogP contribution in [0.25, 0.3) is 6.08 Å². The molecule has 32 heavy (non-hydrogen) atoms. The van der Waals surface area contributed by atoms with Gasteiger partial charge in [0.15, 0.2) is 18.1 Å². The van der Waals surface area contributed by atoms with Crippen molar-refractivity contribution in [2.75, 3.05) is 52.7 Å². The first-order valence-corrected chi connectivity index (χ1v) is 10.9. The number of carbonyl (C=O) groups is 2. The summed E-state index contributed by atoms with van der Waals surface area (Å²) in [6.07, 6.45) is 3.38. The molecule has 2 heterocycles. The van der Waals surface area contributed by atoms with Crippen LogP contribution >= 0.6 is 0 Å². The van der Waals surface area contributed by atoms with Crippen molar-refractivity contribution in [1.82, 2.24) is 10.2 Å². The molecule has 9 nitrogen and oxygen atoms in total. The predicted octanol–water partition coefficient (Wildman–Crippen LogP) is 1.53. The van der Waals surface area contributed by atoms with Gasteiger partial charge in [0.1, 0.15) is 11.6 Å². The molecule has 2 fully saturated rings. The number of carbonyl (C=O) groups excluding carboxylic acids is 2. The Hall–Kier alpha value is -3.09. The van der Waals surface area contributed by atoms with Crippen LogP contribution in [-0.4, -0.2) is 75.5 Å². The molecule has 9 heteroatoms. The van der Waals surface area contributed by atoms with Gasteiger partial charge in [0.2, 0.25) is 0 Å². The Morgan fingerprint density at radius 2 is 2.06 bits per heavy atom. The number of hydrogen-bond donors (Lipinski definition) is 1. The summed E-state index contributed by atoms with van der Waals surface area (Å²) in [7, 11) is 0. The summed E-state index contributed by atoms with van der Waals surface area (Å²) in [6, 6.07) is 7.01. The molecule has 0 unspecified atom stereocenters. The summed E-state index contributed by atoms with van der Waals surface area (Å²) in [4.78, 5) is 26.4. The number of amides is 2. The Morgan fingerprint density at radius 3 is 2.75 bits per heavy atom. The Bertz CT molecular complexity index is 867. The van der Waals surface area contributed by atoms with Crippen molar-refractivity contribution in [3.05, 3.63) is 29.3 Å². The van der Waals surface area contributed by atoms with Gasteiger partial charge in [0, 0.05) is 26.2 Å². The van der Waals surface area contributed by atoms with Crippen LogP contribution in [0, 0.1) is 11.3 Å². The minimum Gasteiger partial charge on any atom is -0.490 e. The molecule has 0 spiro atoms. The number of rotatable bonds is 9. The number of morpholine rings is 1. The number of ether oxygens (including phenoxy) is 4. The fourth-order valence-electron chi connectivity index (χ4n) is 3.47. The summed E-state index contributed by atoms with van der Waals surface area (Å²) >= 11 is 0. The van der Waals surface area contributed by atoms with E-state index in [1.807, 2.05) is 13.0 Å². The molecule has 1 aromatic carbocycles. The van der Waals surface area contributed by atoms with E-state index >= 15 is 0 Å². The van der Waals surface area contributed by atoms with Crippen LogP contribution < -0.4 is 14.8 Å². The third-order valence-electron chi connectivity index (χ3n) is 5.17. The van der Waals surface area contributed by atoms with E-state index in [9.17, 15) is 14.9 Å². The molecular formula is C23H29N3O6. The van der Waals surface area contributed by atoms with Gasteiger partial charge in [-0.15, -0.1) is 0 Å². The molecule has 0 aromatic heterocycles. The molecule has 0 radical (unpaired) electrons. The predicted molar refractivity (Wildman–Crippen MR) is 116 cm³/mol. The van der Waals surface area contributed by atoms with Gasteiger partial charge in [0.05, 0.1) is 25.9 Å². The molecule has 0 bridgehead atoms. The average Bonchev–Trinajstić information content (AvgIpc) is 3.35. The van der Waals surface area contributed by atoms with E-state index in [2.05, 4.69) is 5.32 Å². The lowest BCUT2D eigenvalue weighted by molar-refractivity contribution is -0.137. The van der Waals surface area contributed by atoms with Gasteiger partial charge >= 0.3 is 0 Å². The van der Waals surface area contributed by atoms with E-state index in [4.69, 9.17) is 18.9 Å². The van der Waals surface area contributed by atoms with Gasteiger partial charge < -0.3 is 29.2 Å². The van der Waals surface area contributed by atoms with Crippen LogP contribution in [0.4, 0.5) is 0 Å². The monoisotopic (exact) mass is 443 g/mol. The standard InChI is InChI=1S/C23H29N3O6/c1-2-30-21-13-17(12-18(14-24)23(28)25-15-19-4-3-9-31-19)5-6-20(21)32-16-22(27)26-7-10-29-11-8-26/h5-6,12-13,19H,2-4,7-11,15-16H2,1H3,(H,25,28)/b18-12+/t19-/m0/s1. The van der Waals surface area contributed by atoms with E-state index in [1.54, 1.807) is 23.1 Å². The molecule has 0 saturated carbocycles. The molecule has 1 atom stereocenters. The molecular weight excluding hydrogens is 414 g/mol. The van der Waals surface area contributed by atoms with Crippen LogP contribution in [-0.2, 0) is 19.1 Å². The fourth-order valence-corrected chi connectivity index (χ4v) is 3.47. The van der Waals surface area contributed by atoms with Gasteiger partial charge in [-0.1, -0.05) is 6.07 Å². The van der Waals surface area contributed by atoms with E-state index in [1.165, 1.54) is 6.08 Å². The zero-order valence-electron chi connectivity index (χ0n) is 18.3. The second-order valence-electron chi connectivity index (χ2n) is 7.44. The highest BCUT2D eigenvalue weighted by atomic mass is 16.5. The molecule has 2 amide bonds. The topological polar surface area (TPSA) is 110 Å². The maximum absolute atomic E-state index is 12.4. The van der Waals surface area contributed by atoms with Crippen LogP contribution in [0.1, 0.15) is 25.3 Å². The zero-order chi connectivity index (χ0) is 22.8. The minimum atomic E-state index is -0.447. The van der Waals surface area contributed by atoms with Crippen LogP contribution in [0.15, 0.2) is 23.8 Å². The number of nitriles is 1. The molecule has 172 valence electrons. The Labute approximate surface area is 187 Å². The molecule has 2 aliphatic heterocycles. The number of nitrogens with zero attached hydrogens (tertiary/aromatic N) is 2. The summed E-state index contributed by atoms with van der Waals surface area (Å²) in [5, 5.41) is 12.2. The van der Waals surface area contributed by atoms with Crippen LogP contribution in [0.3, 0.4) is 0 Å². The number of benzene rings is 1. The molecule has 0 aliphatic carbocycles. The maximum Gasteiger partial charge on any atom is 0.262 e. The molecule has 2 saturated heterocycles. The summed E-state index contributed by atoms with van der Waals surface area (Å²) in [5.41, 5.74) is 0.603. The molecule has 1 aromatic rings. The van der Waals surface area contributed by atoms with Crippen molar-refractivity contribution in [3.63, 3.8) is 0 Å². The van der Waals surface area contributed by atoms with Gasteiger partial charge in [-0.2, -0.15) is 5.26 Å². The zero-order valence-corrected chi connectivity index (χ0v) is 18.3. The normalized spacial score (nSPS) is 18.7. The maximum atomic E-state index is 12.4. The lowest BCUT2D eigenvalue weighted by Crippen LogP contribution is -2.43. The summed E-state index contributed by atoms with van der Waals surface area (Å²) in [6.45, 7) is 5.37. The van der Waals surface area contributed by atoms with Gasteiger partial charge in [0.25, 0.3) is 11.8 Å². The quantitative estimate of drug-likeness (QED) is 0.455. The minimum absolute atomic E-state index is 0.0000508. The van der Waals surface area contributed by atoms with E-state index < -0.39 is 5.91 Å². The SMILES string of the molecule is CCOc1cc(/C=C(\C#N)C(=O)NC[C@@H]2CCCO2)ccc1OCC(=O)N1CCOCC1. The first-order valence-electron chi connectivity index (χ1n) is 10.9. The Kier molecular flexibility index (Phi) is 8.90. The van der Waals surface area contributed by atoms with Gasteiger partial charge in [-0.3, -0.25) is 9.59 Å². The third kappa shape index (κ3) is 6.70. The number of hydrogen-bond acceptors (Lipinski definition) is 7. The highest BCUT2D eigenvalue weighted by molar-refractivity contribution is 6.01. The van der Waals surface area contributed by atoms with Crippen molar-refractivity contribution in [1.29, 1.82) is 5.26 Å². The van der Waals surface area contributed by atoms with E-state index in [0.717, 1.165) is 12.8 Å². The first kappa shape index (κ1) is 23.6. The Morgan fingerprint density at radius 1 is 1.25 bits per heavy atom. The van der Waals surface area contributed by atoms with Crippen molar-refractivity contribution in [2.24, 2.45) is 0 Å². The number of nitrogens with one attached hydrogen (secondary N) is 1. The first-order chi connectivity index (χ1) is 15.6. The molecule has 2 aliphatic rings. The summed E-state index contributed by atoms with van der Waals surface area (Å²) < 4.78 is 22.1. The second kappa shape index (κ2) is 12.1. The third-order valence-corrected chi connectivity index (χ3v) is 5.17. The fraction of sp³-hybridized carbons (Fsp3) is 0.522. The van der Waals surface area contributed by atoms with E-state index in [0.29, 0.717) is 63.1 Å². The van der Waals surface area contributed by atoms with E-state index in [-0.39, 0.29) is 24.2 Å². The highest BCUT2D eigenvalue weighted by Crippen LogP contribution is 2.29. The lowest BCUT2D eigenvalue weighted by Gasteiger charge is -2.26. The second-order valence-corrected chi connectivity index (χ2v) is 7.44. The molecule has 3 rings (SSSR count). The van der Waals surface area contributed by atoms with Gasteiger partial charge in [-0.05, 0) is 43.5 Å². The smallest absolute Gasteiger partial charge is 0.262 e. The Balaban J connectivity index is 1.64. The lowest BCUT2D eigenvalue weighted by atomic mass is 10.1. The van der Waals surface area contributed by atoms with Crippen molar-refractivity contribution in [3.8, 4) is 17.6 Å². The average molecular weight is 444 g/mol. The van der Waals surface area contributed by atoms with Crippen molar-refractivity contribution < 1.29 is 28.5 Å². The van der Waals surface area contributed by atoms with Crippen molar-refractivity contribution >= 4 is 17.9 Å². The van der Waals surface area contributed by atoms with Crippen LogP contribution in [0.5, 0.6) is 11.5 Å². The van der Waals surface area contributed by atoms with Gasteiger partial charge in [-0.25, -0.2) is 0 Å². The molecule has 1 N–H and O–H groups in total. The summed E-state index contributed by atoms with van der Waals surface area (Å²) in [5.74, 6) is 0.298.